The number of ether oxygens (including phenoxy) is 1. The monoisotopic (exact) mass is 431 g/mol. The fourth-order valence-electron chi connectivity index (χ4n) is 4.62. The van der Waals surface area contributed by atoms with E-state index in [0.29, 0.717) is 24.4 Å². The summed E-state index contributed by atoms with van der Waals surface area (Å²) in [5, 5.41) is 19.1. The van der Waals surface area contributed by atoms with Gasteiger partial charge in [-0.25, -0.2) is 4.98 Å². The van der Waals surface area contributed by atoms with Crippen molar-refractivity contribution < 1.29 is 14.6 Å². The quantitative estimate of drug-likeness (QED) is 0.453. The highest BCUT2D eigenvalue weighted by Gasteiger charge is 2.25. The van der Waals surface area contributed by atoms with Crippen molar-refractivity contribution in [3.8, 4) is 16.9 Å². The van der Waals surface area contributed by atoms with Gasteiger partial charge in [0.05, 0.1) is 19.0 Å². The molecule has 3 heterocycles. The Balaban J connectivity index is 1.61. The van der Waals surface area contributed by atoms with Gasteiger partial charge in [-0.1, -0.05) is 36.8 Å². The topological polar surface area (TPSA) is 115 Å². The van der Waals surface area contributed by atoms with Crippen LogP contribution in [0.25, 0.3) is 27.5 Å². The molecule has 2 atom stereocenters. The van der Waals surface area contributed by atoms with Crippen molar-refractivity contribution in [2.24, 2.45) is 0 Å². The second-order valence-electron chi connectivity index (χ2n) is 8.19. The number of carboxylic acids is 1. The Labute approximate surface area is 185 Å². The van der Waals surface area contributed by atoms with Gasteiger partial charge in [0.1, 0.15) is 17.6 Å². The smallest absolute Gasteiger partial charge is 0.320 e. The summed E-state index contributed by atoms with van der Waals surface area (Å²) in [5.74, 6) is 0.597. The zero-order valence-corrected chi connectivity index (χ0v) is 17.8. The number of nitrogen functional groups attached to an aromatic ring is 1. The molecule has 8 nitrogen and oxygen atoms in total. The van der Waals surface area contributed by atoms with Gasteiger partial charge in [0.25, 0.3) is 0 Å². The summed E-state index contributed by atoms with van der Waals surface area (Å²) in [4.78, 5) is 16.3. The van der Waals surface area contributed by atoms with E-state index in [1.165, 1.54) is 0 Å². The van der Waals surface area contributed by atoms with E-state index in [0.717, 1.165) is 46.2 Å². The van der Waals surface area contributed by atoms with Crippen LogP contribution in [0.2, 0.25) is 0 Å². The van der Waals surface area contributed by atoms with Crippen molar-refractivity contribution in [1.82, 2.24) is 19.9 Å². The van der Waals surface area contributed by atoms with Gasteiger partial charge in [-0.05, 0) is 29.9 Å². The number of carbonyl (C=O) groups is 1. The third-order valence-electron chi connectivity index (χ3n) is 6.28. The first-order valence-electron chi connectivity index (χ1n) is 10.7. The molecule has 0 saturated carbocycles. The number of nitrogens with zero attached hydrogens (tertiary/aromatic N) is 3. The van der Waals surface area contributed by atoms with Crippen molar-refractivity contribution in [2.45, 2.75) is 31.2 Å². The normalized spacial score (nSPS) is 19.2. The molecule has 0 aliphatic carbocycles. The van der Waals surface area contributed by atoms with Crippen molar-refractivity contribution in [1.29, 1.82) is 0 Å². The molecule has 1 aliphatic heterocycles. The second kappa shape index (κ2) is 8.12. The van der Waals surface area contributed by atoms with E-state index in [2.05, 4.69) is 16.5 Å². The van der Waals surface area contributed by atoms with Crippen LogP contribution in [0, 0.1) is 0 Å². The van der Waals surface area contributed by atoms with Crippen molar-refractivity contribution >= 4 is 28.2 Å². The number of aliphatic carboxylic acids is 1. The molecule has 0 bridgehead atoms. The number of rotatable bonds is 4. The summed E-state index contributed by atoms with van der Waals surface area (Å²) >= 11 is 0. The molecular formula is C24H25N5O3. The van der Waals surface area contributed by atoms with E-state index in [4.69, 9.17) is 15.5 Å². The van der Waals surface area contributed by atoms with Crippen LogP contribution in [0.1, 0.15) is 30.9 Å². The zero-order chi connectivity index (χ0) is 22.2. The first kappa shape index (κ1) is 20.3. The van der Waals surface area contributed by atoms with Crippen molar-refractivity contribution in [2.75, 3.05) is 19.4 Å². The van der Waals surface area contributed by atoms with Crippen LogP contribution in [0.5, 0.6) is 5.75 Å². The molecule has 1 aliphatic rings. The van der Waals surface area contributed by atoms with E-state index in [9.17, 15) is 9.90 Å². The molecule has 1 saturated heterocycles. The number of hydrogen-bond donors (Lipinski definition) is 3. The van der Waals surface area contributed by atoms with Gasteiger partial charge >= 0.3 is 5.97 Å². The molecule has 1 fully saturated rings. The van der Waals surface area contributed by atoms with Crippen LogP contribution < -0.4 is 15.8 Å². The van der Waals surface area contributed by atoms with Crippen LogP contribution in [-0.4, -0.2) is 45.4 Å². The van der Waals surface area contributed by atoms with Gasteiger partial charge in [0, 0.05) is 29.5 Å². The summed E-state index contributed by atoms with van der Waals surface area (Å²) in [6, 6.07) is 13.4. The lowest BCUT2D eigenvalue weighted by atomic mass is 9.98. The van der Waals surface area contributed by atoms with Crippen LogP contribution in [0.15, 0.2) is 48.7 Å². The van der Waals surface area contributed by atoms with Gasteiger partial charge < -0.3 is 20.9 Å². The Kier molecular flexibility index (Phi) is 5.14. The number of nitrogens with one attached hydrogen (secondary N) is 1. The molecule has 5 rings (SSSR count). The molecule has 164 valence electrons. The molecule has 0 spiro atoms. The van der Waals surface area contributed by atoms with E-state index >= 15 is 0 Å². The number of carboxylic acid groups (broad SMARTS) is 1. The Morgan fingerprint density at radius 1 is 1.19 bits per heavy atom. The lowest BCUT2D eigenvalue weighted by Crippen LogP contribution is -2.37. The molecule has 4 N–H and O–H groups in total. The molecule has 2 aromatic heterocycles. The third kappa shape index (κ3) is 3.42. The lowest BCUT2D eigenvalue weighted by Gasteiger charge is -2.16. The Bertz CT molecular complexity index is 1320. The number of anilines is 1. The second-order valence-corrected chi connectivity index (χ2v) is 8.19. The minimum absolute atomic E-state index is 0.0852. The van der Waals surface area contributed by atoms with Gasteiger partial charge in [-0.15, -0.1) is 0 Å². The summed E-state index contributed by atoms with van der Waals surface area (Å²) in [6.07, 6.45) is 4.08. The minimum atomic E-state index is -0.807. The SMILES string of the molecule is COc1cccc2c(-c3cnn4c(N)cc(C5CCCC(C(=O)O)NC5)nc34)cccc12. The third-order valence-corrected chi connectivity index (χ3v) is 6.28. The maximum Gasteiger partial charge on any atom is 0.320 e. The summed E-state index contributed by atoms with van der Waals surface area (Å²) in [6.45, 7) is 0.550. The number of aromatic nitrogens is 3. The van der Waals surface area contributed by atoms with Crippen LogP contribution >= 0.6 is 0 Å². The van der Waals surface area contributed by atoms with Gasteiger partial charge in [-0.3, -0.25) is 4.79 Å². The van der Waals surface area contributed by atoms with Crippen LogP contribution in [0.4, 0.5) is 5.82 Å². The predicted octanol–water partition coefficient (Wildman–Crippen LogP) is 3.45. The molecule has 0 radical (unpaired) electrons. The van der Waals surface area contributed by atoms with Gasteiger partial charge in [0.2, 0.25) is 0 Å². The number of fused-ring (bicyclic) bond motifs is 2. The Hall–Kier alpha value is -3.65. The van der Waals surface area contributed by atoms with Crippen LogP contribution in [0.3, 0.4) is 0 Å². The summed E-state index contributed by atoms with van der Waals surface area (Å²) in [5.41, 5.74) is 9.79. The standard InChI is InChI=1S/C24H25N5O3/c1-32-21-10-4-7-15-16(6-3-8-17(15)21)18-13-27-29-22(25)11-20(28-23(18)29)14-5-2-9-19(24(30)31)26-12-14/h3-4,6-8,10-11,13-14,19,26H,2,5,9,12,25H2,1H3,(H,30,31). The number of methoxy groups -OCH3 is 1. The number of nitrogens with two attached hydrogens (primary N) is 1. The largest absolute Gasteiger partial charge is 0.496 e. The van der Waals surface area contributed by atoms with E-state index in [-0.39, 0.29) is 5.92 Å². The van der Waals surface area contributed by atoms with Gasteiger partial charge in [0.15, 0.2) is 5.65 Å². The Morgan fingerprint density at radius 3 is 2.81 bits per heavy atom. The Morgan fingerprint density at radius 2 is 2.00 bits per heavy atom. The zero-order valence-electron chi connectivity index (χ0n) is 17.8. The van der Waals surface area contributed by atoms with Gasteiger partial charge in [-0.2, -0.15) is 9.61 Å². The number of benzene rings is 2. The van der Waals surface area contributed by atoms with E-state index in [1.54, 1.807) is 17.8 Å². The highest BCUT2D eigenvalue weighted by Crippen LogP contribution is 2.36. The molecule has 32 heavy (non-hydrogen) atoms. The fourth-order valence-corrected chi connectivity index (χ4v) is 4.62. The molecule has 8 heteroatoms. The first-order chi connectivity index (χ1) is 15.6. The highest BCUT2D eigenvalue weighted by molar-refractivity contribution is 6.02. The maximum atomic E-state index is 11.4. The molecule has 2 unspecified atom stereocenters. The molecule has 0 amide bonds. The van der Waals surface area contributed by atoms with Crippen molar-refractivity contribution in [3.05, 3.63) is 54.4 Å². The molecule has 2 aromatic carbocycles. The average Bonchev–Trinajstić information content (AvgIpc) is 3.06. The van der Waals surface area contributed by atoms with E-state index in [1.807, 2.05) is 36.4 Å². The molecular weight excluding hydrogens is 406 g/mol. The van der Waals surface area contributed by atoms with Crippen LogP contribution in [-0.2, 0) is 4.79 Å². The number of hydrogen-bond acceptors (Lipinski definition) is 6. The fraction of sp³-hybridized carbons (Fsp3) is 0.292. The lowest BCUT2D eigenvalue weighted by molar-refractivity contribution is -0.139. The average molecular weight is 431 g/mol. The first-order valence-corrected chi connectivity index (χ1v) is 10.7. The maximum absolute atomic E-state index is 11.4. The predicted molar refractivity (Wildman–Crippen MR) is 123 cm³/mol. The minimum Gasteiger partial charge on any atom is -0.496 e. The summed E-state index contributed by atoms with van der Waals surface area (Å²) < 4.78 is 7.19. The summed E-state index contributed by atoms with van der Waals surface area (Å²) in [7, 11) is 1.67. The molecule has 4 aromatic rings. The van der Waals surface area contributed by atoms with E-state index < -0.39 is 12.0 Å². The van der Waals surface area contributed by atoms with Crippen molar-refractivity contribution in [3.63, 3.8) is 0 Å². The highest BCUT2D eigenvalue weighted by atomic mass is 16.5.